The van der Waals surface area contributed by atoms with Gasteiger partial charge in [-0.2, -0.15) is 0 Å². The molecule has 1 aromatic heterocycles. The third-order valence-electron chi connectivity index (χ3n) is 5.19. The zero-order chi connectivity index (χ0) is 20.4. The van der Waals surface area contributed by atoms with Crippen molar-refractivity contribution in [2.24, 2.45) is 0 Å². The quantitative estimate of drug-likeness (QED) is 0.673. The molecular weight excluding hydrogens is 386 g/mol. The summed E-state index contributed by atoms with van der Waals surface area (Å²) in [5.74, 6) is 0.463. The van der Waals surface area contributed by atoms with Crippen molar-refractivity contribution in [1.82, 2.24) is 14.9 Å². The molecule has 0 radical (unpaired) electrons. The maximum atomic E-state index is 12.8. The van der Waals surface area contributed by atoms with Crippen LogP contribution in [0.2, 0.25) is 0 Å². The summed E-state index contributed by atoms with van der Waals surface area (Å²) in [6, 6.07) is 17.4. The van der Waals surface area contributed by atoms with E-state index in [2.05, 4.69) is 16.0 Å². The third kappa shape index (κ3) is 4.25. The maximum absolute atomic E-state index is 12.8. The van der Waals surface area contributed by atoms with Crippen molar-refractivity contribution in [3.8, 4) is 0 Å². The zero-order valence-electron chi connectivity index (χ0n) is 16.2. The molecule has 1 amide bonds. The maximum Gasteiger partial charge on any atom is 0.256 e. The van der Waals surface area contributed by atoms with E-state index in [0.717, 1.165) is 16.8 Å². The van der Waals surface area contributed by atoms with Crippen LogP contribution in [0.15, 0.2) is 59.4 Å². The lowest BCUT2D eigenvalue weighted by molar-refractivity contribution is -0.131. The molecule has 0 saturated heterocycles. The number of nitrogens with zero attached hydrogens (tertiary/aromatic N) is 2. The molecule has 0 saturated carbocycles. The van der Waals surface area contributed by atoms with Crippen LogP contribution in [0.1, 0.15) is 39.1 Å². The number of rotatable bonds is 4. The van der Waals surface area contributed by atoms with Gasteiger partial charge in [-0.1, -0.05) is 60.2 Å². The van der Waals surface area contributed by atoms with Gasteiger partial charge in [0.25, 0.3) is 5.56 Å². The van der Waals surface area contributed by atoms with Crippen molar-refractivity contribution in [2.75, 3.05) is 6.54 Å². The second-order valence-corrected chi connectivity index (χ2v) is 7.82. The lowest BCUT2D eigenvalue weighted by atomic mass is 10.0. The standard InChI is InChI=1S/C23H22ClN3O2/c1-15-6-5-7-16(12-15)13-20-25-19-10-11-27(14-18(19)22(28)26-20)23(29)21(24)17-8-3-2-4-9-17/h2-9,12,21H,10-11,13-14H2,1H3,(H,25,26,28). The van der Waals surface area contributed by atoms with Crippen LogP contribution >= 0.6 is 11.6 Å². The van der Waals surface area contributed by atoms with Gasteiger partial charge >= 0.3 is 0 Å². The molecule has 2 heterocycles. The molecule has 1 unspecified atom stereocenters. The number of hydrogen-bond donors (Lipinski definition) is 1. The molecule has 0 fully saturated rings. The highest BCUT2D eigenvalue weighted by Crippen LogP contribution is 2.25. The fourth-order valence-electron chi connectivity index (χ4n) is 3.69. The lowest BCUT2D eigenvalue weighted by Crippen LogP contribution is -2.41. The number of aromatic nitrogens is 2. The summed E-state index contributed by atoms with van der Waals surface area (Å²) in [6.45, 7) is 2.78. The molecule has 2 aromatic carbocycles. The fraction of sp³-hybridized carbons (Fsp3) is 0.261. The van der Waals surface area contributed by atoms with Crippen LogP contribution in [-0.4, -0.2) is 27.3 Å². The first-order valence-electron chi connectivity index (χ1n) is 9.65. The van der Waals surface area contributed by atoms with Crippen molar-refractivity contribution in [2.45, 2.75) is 31.7 Å². The second kappa shape index (κ2) is 8.21. The average Bonchev–Trinajstić information content (AvgIpc) is 2.73. The van der Waals surface area contributed by atoms with Crippen LogP contribution in [0.3, 0.4) is 0 Å². The van der Waals surface area contributed by atoms with Crippen molar-refractivity contribution in [3.63, 3.8) is 0 Å². The Kier molecular flexibility index (Phi) is 5.49. The van der Waals surface area contributed by atoms with Gasteiger partial charge in [-0.25, -0.2) is 4.98 Å². The molecule has 1 N–H and O–H groups in total. The summed E-state index contributed by atoms with van der Waals surface area (Å²) in [5, 5.41) is -0.759. The minimum Gasteiger partial charge on any atom is -0.336 e. The number of halogens is 1. The number of amides is 1. The predicted octanol–water partition coefficient (Wildman–Crippen LogP) is 3.53. The molecule has 4 rings (SSSR count). The number of hydrogen-bond acceptors (Lipinski definition) is 3. The number of fused-ring (bicyclic) bond motifs is 1. The van der Waals surface area contributed by atoms with E-state index in [1.807, 2.05) is 55.5 Å². The average molecular weight is 408 g/mol. The number of nitrogens with one attached hydrogen (secondary N) is 1. The molecule has 0 bridgehead atoms. The molecule has 3 aromatic rings. The van der Waals surface area contributed by atoms with Crippen LogP contribution in [0.4, 0.5) is 0 Å². The van der Waals surface area contributed by atoms with E-state index in [-0.39, 0.29) is 18.0 Å². The fourth-order valence-corrected chi connectivity index (χ4v) is 3.97. The van der Waals surface area contributed by atoms with E-state index >= 15 is 0 Å². The first-order valence-corrected chi connectivity index (χ1v) is 10.1. The van der Waals surface area contributed by atoms with Crippen molar-refractivity contribution < 1.29 is 4.79 Å². The molecule has 148 valence electrons. The largest absolute Gasteiger partial charge is 0.336 e. The number of H-pyrrole nitrogens is 1. The number of aromatic amines is 1. The van der Waals surface area contributed by atoms with Crippen molar-refractivity contribution >= 4 is 17.5 Å². The van der Waals surface area contributed by atoms with Gasteiger partial charge < -0.3 is 9.88 Å². The van der Waals surface area contributed by atoms with Crippen LogP contribution in [0.5, 0.6) is 0 Å². The zero-order valence-corrected chi connectivity index (χ0v) is 16.9. The van der Waals surface area contributed by atoms with Gasteiger partial charge in [0.15, 0.2) is 0 Å². The van der Waals surface area contributed by atoms with Crippen LogP contribution < -0.4 is 5.56 Å². The normalized spacial score (nSPS) is 14.3. The molecule has 1 atom stereocenters. The molecule has 6 heteroatoms. The van der Waals surface area contributed by atoms with Gasteiger partial charge in [0.1, 0.15) is 11.2 Å². The van der Waals surface area contributed by atoms with E-state index < -0.39 is 5.38 Å². The number of carbonyl (C=O) groups is 1. The highest BCUT2D eigenvalue weighted by molar-refractivity contribution is 6.30. The van der Waals surface area contributed by atoms with Gasteiger partial charge in [-0.15, -0.1) is 11.6 Å². The number of benzene rings is 2. The van der Waals surface area contributed by atoms with Crippen molar-refractivity contribution in [1.29, 1.82) is 0 Å². The Morgan fingerprint density at radius 1 is 1.21 bits per heavy atom. The van der Waals surface area contributed by atoms with E-state index in [0.29, 0.717) is 30.8 Å². The monoisotopic (exact) mass is 407 g/mol. The Labute approximate surface area is 174 Å². The first kappa shape index (κ1) is 19.4. The number of carbonyl (C=O) groups excluding carboxylic acids is 1. The summed E-state index contributed by atoms with van der Waals surface area (Å²) in [6.07, 6.45) is 1.12. The highest BCUT2D eigenvalue weighted by atomic mass is 35.5. The number of aryl methyl sites for hydroxylation is 1. The minimum absolute atomic E-state index is 0.180. The van der Waals surface area contributed by atoms with Crippen LogP contribution in [0.25, 0.3) is 0 Å². The molecule has 1 aliphatic rings. The van der Waals surface area contributed by atoms with E-state index in [4.69, 9.17) is 11.6 Å². The lowest BCUT2D eigenvalue weighted by Gasteiger charge is -2.29. The smallest absolute Gasteiger partial charge is 0.256 e. The Morgan fingerprint density at radius 3 is 2.76 bits per heavy atom. The Hall–Kier alpha value is -2.92. The van der Waals surface area contributed by atoms with Gasteiger partial charge in [0.05, 0.1) is 17.8 Å². The summed E-state index contributed by atoms with van der Waals surface area (Å²) >= 11 is 6.39. The molecule has 5 nitrogen and oxygen atoms in total. The Morgan fingerprint density at radius 2 is 2.00 bits per heavy atom. The molecule has 1 aliphatic heterocycles. The molecule has 29 heavy (non-hydrogen) atoms. The van der Waals surface area contributed by atoms with E-state index in [9.17, 15) is 9.59 Å². The summed E-state index contributed by atoms with van der Waals surface area (Å²) < 4.78 is 0. The predicted molar refractivity (Wildman–Crippen MR) is 113 cm³/mol. The minimum atomic E-state index is -0.759. The van der Waals surface area contributed by atoms with Crippen LogP contribution in [0, 0.1) is 6.92 Å². The number of alkyl halides is 1. The summed E-state index contributed by atoms with van der Waals surface area (Å²) in [7, 11) is 0. The summed E-state index contributed by atoms with van der Waals surface area (Å²) in [5.41, 5.74) is 4.17. The Balaban J connectivity index is 1.53. The van der Waals surface area contributed by atoms with Gasteiger partial charge in [-0.05, 0) is 18.1 Å². The van der Waals surface area contributed by atoms with Gasteiger partial charge in [0, 0.05) is 19.4 Å². The SMILES string of the molecule is Cc1cccc(Cc2nc3c(c(=O)[nH]2)CN(C(=O)C(Cl)c2ccccc2)CC3)c1. The van der Waals surface area contributed by atoms with E-state index in [1.165, 1.54) is 5.56 Å². The highest BCUT2D eigenvalue weighted by Gasteiger charge is 2.29. The molecule has 0 aliphatic carbocycles. The second-order valence-electron chi connectivity index (χ2n) is 7.39. The van der Waals surface area contributed by atoms with E-state index in [1.54, 1.807) is 4.90 Å². The Bertz CT molecular complexity index is 1090. The topological polar surface area (TPSA) is 66.1 Å². The van der Waals surface area contributed by atoms with Crippen LogP contribution in [-0.2, 0) is 24.2 Å². The summed E-state index contributed by atoms with van der Waals surface area (Å²) in [4.78, 5) is 34.7. The van der Waals surface area contributed by atoms with Gasteiger partial charge in [-0.3, -0.25) is 9.59 Å². The first-order chi connectivity index (χ1) is 14.0. The molecule has 0 spiro atoms. The molecular formula is C23H22ClN3O2. The van der Waals surface area contributed by atoms with Gasteiger partial charge in [0.2, 0.25) is 5.91 Å². The third-order valence-corrected chi connectivity index (χ3v) is 5.63. The van der Waals surface area contributed by atoms with Crippen molar-refractivity contribution in [3.05, 3.63) is 98.7 Å².